The van der Waals surface area contributed by atoms with E-state index < -0.39 is 0 Å². The van der Waals surface area contributed by atoms with Crippen molar-refractivity contribution in [1.29, 1.82) is 5.26 Å². The highest BCUT2D eigenvalue weighted by Crippen LogP contribution is 2.42. The third-order valence-corrected chi connectivity index (χ3v) is 9.64. The quantitative estimate of drug-likeness (QED) is 0.199. The number of aromatic nitrogens is 3. The van der Waals surface area contributed by atoms with E-state index in [2.05, 4.69) is 159 Å². The van der Waals surface area contributed by atoms with Crippen LogP contribution < -0.4 is 0 Å². The maximum Gasteiger partial charge on any atom is 0.0991 e. The number of nitriles is 1. The molecule has 0 spiro atoms. The van der Waals surface area contributed by atoms with Crippen molar-refractivity contribution in [2.75, 3.05) is 0 Å². The van der Waals surface area contributed by atoms with Crippen LogP contribution in [-0.2, 0) is 0 Å². The molecular weight excluding hydrogens is 573 g/mol. The van der Waals surface area contributed by atoms with Crippen LogP contribution in [0, 0.1) is 11.3 Å². The lowest BCUT2D eigenvalue weighted by Gasteiger charge is -2.12. The van der Waals surface area contributed by atoms with Crippen molar-refractivity contribution in [3.05, 3.63) is 163 Å². The van der Waals surface area contributed by atoms with Gasteiger partial charge in [0.05, 0.1) is 44.7 Å². The van der Waals surface area contributed by atoms with Crippen LogP contribution in [0.2, 0.25) is 0 Å². The van der Waals surface area contributed by atoms with Gasteiger partial charge < -0.3 is 13.7 Å². The summed E-state index contributed by atoms with van der Waals surface area (Å²) in [5, 5.41) is 16.9. The first kappa shape index (κ1) is 25.7. The average Bonchev–Trinajstić information content (AvgIpc) is 3.77. The predicted molar refractivity (Wildman–Crippen MR) is 194 cm³/mol. The largest absolute Gasteiger partial charge is 0.309 e. The third kappa shape index (κ3) is 3.57. The molecule has 4 heteroatoms. The molecule has 10 rings (SSSR count). The van der Waals surface area contributed by atoms with Crippen molar-refractivity contribution >= 4 is 65.4 Å². The summed E-state index contributed by atoms with van der Waals surface area (Å²) >= 11 is 0. The van der Waals surface area contributed by atoms with Crippen molar-refractivity contribution in [3.8, 4) is 23.1 Å². The Balaban J connectivity index is 1.35. The van der Waals surface area contributed by atoms with Crippen molar-refractivity contribution in [2.24, 2.45) is 0 Å². The normalized spacial score (nSPS) is 11.8. The van der Waals surface area contributed by atoms with Gasteiger partial charge in [-0.3, -0.25) is 0 Å². The second-order valence-corrected chi connectivity index (χ2v) is 12.1. The summed E-state index contributed by atoms with van der Waals surface area (Å²) in [4.78, 5) is 0. The van der Waals surface area contributed by atoms with E-state index in [1.807, 2.05) is 18.2 Å². The summed E-state index contributed by atoms with van der Waals surface area (Å²) in [6.45, 7) is 0. The summed E-state index contributed by atoms with van der Waals surface area (Å²) < 4.78 is 7.14. The maximum atomic E-state index is 9.72. The summed E-state index contributed by atoms with van der Waals surface area (Å²) in [6, 6.07) is 58.3. The fourth-order valence-corrected chi connectivity index (χ4v) is 7.71. The number of para-hydroxylation sites is 4. The van der Waals surface area contributed by atoms with Crippen LogP contribution >= 0.6 is 0 Å². The van der Waals surface area contributed by atoms with E-state index in [1.165, 1.54) is 32.6 Å². The van der Waals surface area contributed by atoms with Gasteiger partial charge in [-0.25, -0.2) is 0 Å². The highest BCUT2D eigenvalue weighted by atomic mass is 15.0. The molecule has 0 atom stereocenters. The second-order valence-electron chi connectivity index (χ2n) is 12.1. The lowest BCUT2D eigenvalue weighted by atomic mass is 10.1. The van der Waals surface area contributed by atoms with Gasteiger partial charge in [0.2, 0.25) is 0 Å². The molecule has 0 aliphatic carbocycles. The molecule has 0 amide bonds. The van der Waals surface area contributed by atoms with Crippen molar-refractivity contribution in [3.63, 3.8) is 0 Å². The zero-order valence-electron chi connectivity index (χ0n) is 25.3. The van der Waals surface area contributed by atoms with Crippen LogP contribution in [-0.4, -0.2) is 13.7 Å². The molecule has 0 aliphatic rings. The summed E-state index contributed by atoms with van der Waals surface area (Å²) in [6.07, 6.45) is 0. The van der Waals surface area contributed by atoms with Crippen LogP contribution in [0.25, 0.3) is 82.5 Å². The van der Waals surface area contributed by atoms with Gasteiger partial charge in [0, 0.05) is 49.4 Å². The van der Waals surface area contributed by atoms with Crippen LogP contribution in [0.5, 0.6) is 0 Å². The number of hydrogen-bond acceptors (Lipinski definition) is 1. The Morgan fingerprint density at radius 1 is 0.362 bits per heavy atom. The van der Waals surface area contributed by atoms with Gasteiger partial charge in [-0.15, -0.1) is 0 Å². The van der Waals surface area contributed by atoms with Gasteiger partial charge >= 0.3 is 0 Å². The number of hydrogen-bond donors (Lipinski definition) is 0. The van der Waals surface area contributed by atoms with E-state index >= 15 is 0 Å². The zero-order valence-corrected chi connectivity index (χ0v) is 25.3. The Morgan fingerprint density at radius 3 is 1.66 bits per heavy atom. The van der Waals surface area contributed by atoms with Crippen molar-refractivity contribution in [2.45, 2.75) is 0 Å². The topological polar surface area (TPSA) is 38.6 Å². The Bertz CT molecular complexity index is 2900. The lowest BCUT2D eigenvalue weighted by Crippen LogP contribution is -1.97. The number of rotatable bonds is 3. The minimum atomic E-state index is 0.661. The molecule has 0 N–H and O–H groups in total. The molecule has 7 aromatic carbocycles. The van der Waals surface area contributed by atoms with Crippen LogP contribution in [0.15, 0.2) is 158 Å². The molecule has 0 aliphatic heterocycles. The second kappa shape index (κ2) is 9.71. The molecule has 218 valence electrons. The minimum absolute atomic E-state index is 0.661. The molecule has 47 heavy (non-hydrogen) atoms. The molecule has 3 aromatic heterocycles. The van der Waals surface area contributed by atoms with E-state index in [1.54, 1.807) is 0 Å². The molecule has 10 aromatic rings. The Hall–Kier alpha value is -6.57. The molecule has 0 unspecified atom stereocenters. The van der Waals surface area contributed by atoms with Crippen molar-refractivity contribution in [1.82, 2.24) is 13.7 Å². The monoisotopic (exact) mass is 598 g/mol. The van der Waals surface area contributed by atoms with Gasteiger partial charge in [0.1, 0.15) is 0 Å². The van der Waals surface area contributed by atoms with E-state index in [0.29, 0.717) is 5.56 Å². The highest BCUT2D eigenvalue weighted by molar-refractivity contribution is 6.26. The first-order valence-corrected chi connectivity index (χ1v) is 15.8. The molecule has 3 heterocycles. The smallest absolute Gasteiger partial charge is 0.0991 e. The van der Waals surface area contributed by atoms with Crippen LogP contribution in [0.1, 0.15) is 5.56 Å². The van der Waals surface area contributed by atoms with Crippen molar-refractivity contribution < 1.29 is 0 Å². The molecule has 0 saturated heterocycles. The van der Waals surface area contributed by atoms with E-state index in [-0.39, 0.29) is 0 Å². The van der Waals surface area contributed by atoms with Crippen LogP contribution in [0.4, 0.5) is 0 Å². The average molecular weight is 599 g/mol. The Labute approximate surface area is 270 Å². The number of benzene rings is 7. The SMILES string of the molecule is N#Cc1ccc2c(c1)c1ccc(-n3c4ccccc4c4c3ccc3c5ccccc5n(-c5ccccc5)c34)cc1n2-c1ccccc1. The first-order chi connectivity index (χ1) is 23.3. The summed E-state index contributed by atoms with van der Waals surface area (Å²) in [5.41, 5.74) is 10.9. The fourth-order valence-electron chi connectivity index (χ4n) is 7.71. The molecule has 0 radical (unpaired) electrons. The van der Waals surface area contributed by atoms with E-state index in [0.717, 1.165) is 49.9 Å². The summed E-state index contributed by atoms with van der Waals surface area (Å²) in [5.74, 6) is 0. The lowest BCUT2D eigenvalue weighted by molar-refractivity contribution is 1.15. The van der Waals surface area contributed by atoms with Gasteiger partial charge in [-0.1, -0.05) is 84.9 Å². The maximum absolute atomic E-state index is 9.72. The van der Waals surface area contributed by atoms with E-state index in [4.69, 9.17) is 0 Å². The standard InChI is InChI=1S/C43H26N4/c44-27-28-19-23-39-36(25-28)33-21-20-31(26-41(33)45(39)29-11-3-1-4-12-29)46-38-18-10-8-16-35(38)42-40(46)24-22-34-32-15-7-9-17-37(32)47(43(34)42)30-13-5-2-6-14-30/h1-26H. The Kier molecular flexibility index (Phi) is 5.32. The predicted octanol–water partition coefficient (Wildman–Crippen LogP) is 10.8. The van der Waals surface area contributed by atoms with Gasteiger partial charge in [0.15, 0.2) is 0 Å². The molecule has 0 saturated carbocycles. The van der Waals surface area contributed by atoms with Crippen LogP contribution in [0.3, 0.4) is 0 Å². The minimum Gasteiger partial charge on any atom is -0.309 e. The van der Waals surface area contributed by atoms with Gasteiger partial charge in [0.25, 0.3) is 0 Å². The molecular formula is C43H26N4. The zero-order chi connectivity index (χ0) is 31.1. The fraction of sp³-hybridized carbons (Fsp3) is 0. The summed E-state index contributed by atoms with van der Waals surface area (Å²) in [7, 11) is 0. The van der Waals surface area contributed by atoms with Gasteiger partial charge in [-0.2, -0.15) is 5.26 Å². The molecule has 0 bridgehead atoms. The molecule has 0 fully saturated rings. The third-order valence-electron chi connectivity index (χ3n) is 9.64. The molecule has 4 nitrogen and oxygen atoms in total. The number of nitrogens with zero attached hydrogens (tertiary/aromatic N) is 4. The highest BCUT2D eigenvalue weighted by Gasteiger charge is 2.21. The van der Waals surface area contributed by atoms with Gasteiger partial charge in [-0.05, 0) is 72.8 Å². The first-order valence-electron chi connectivity index (χ1n) is 15.8. The van der Waals surface area contributed by atoms with E-state index in [9.17, 15) is 5.26 Å². The number of fused-ring (bicyclic) bond motifs is 10. The Morgan fingerprint density at radius 2 is 0.915 bits per heavy atom.